The molecule has 1 atom stereocenters. The molecule has 144 valence electrons. The molecule has 1 unspecified atom stereocenters. The molecule has 2 aliphatic rings. The summed E-state index contributed by atoms with van der Waals surface area (Å²) in [5.41, 5.74) is 3.70. The minimum absolute atomic E-state index is 0.136. The summed E-state index contributed by atoms with van der Waals surface area (Å²) in [5.74, 6) is 1.69. The zero-order valence-electron chi connectivity index (χ0n) is 16.8. The van der Waals surface area contributed by atoms with Crippen LogP contribution < -0.4 is 0 Å². The lowest BCUT2D eigenvalue weighted by Gasteiger charge is -2.40. The van der Waals surface area contributed by atoms with Crippen LogP contribution in [0.15, 0.2) is 34.7 Å². The number of hydrogen-bond donors (Lipinski definition) is 0. The highest BCUT2D eigenvalue weighted by Crippen LogP contribution is 2.40. The first-order chi connectivity index (χ1) is 12.9. The van der Waals surface area contributed by atoms with Gasteiger partial charge in [-0.25, -0.2) is 0 Å². The van der Waals surface area contributed by atoms with Crippen molar-refractivity contribution in [2.75, 3.05) is 26.2 Å². The monoisotopic (exact) mass is 366 g/mol. The summed E-state index contributed by atoms with van der Waals surface area (Å²) in [6, 6.07) is 10.7. The van der Waals surface area contributed by atoms with Crippen molar-refractivity contribution in [3.8, 4) is 0 Å². The van der Waals surface area contributed by atoms with Gasteiger partial charge >= 0.3 is 0 Å². The number of likely N-dealkylation sites (tertiary alicyclic amines) is 2. The maximum atomic E-state index is 13.0. The van der Waals surface area contributed by atoms with Crippen LogP contribution in [-0.4, -0.2) is 41.9 Å². The second-order valence-corrected chi connectivity index (χ2v) is 8.61. The fourth-order valence-corrected chi connectivity index (χ4v) is 4.97. The van der Waals surface area contributed by atoms with Crippen molar-refractivity contribution in [2.24, 2.45) is 5.41 Å². The smallest absolute Gasteiger partial charge is 0.257 e. The molecule has 1 spiro atoms. The number of amides is 1. The summed E-state index contributed by atoms with van der Waals surface area (Å²) in [6.07, 6.45) is 3.56. The molecule has 2 fully saturated rings. The van der Waals surface area contributed by atoms with E-state index in [0.29, 0.717) is 0 Å². The Hall–Kier alpha value is -2.07. The number of carbonyl (C=O) groups excluding carboxylic acids is 1. The highest BCUT2D eigenvalue weighted by Gasteiger charge is 2.43. The Balaban J connectivity index is 1.43. The lowest BCUT2D eigenvalue weighted by molar-refractivity contribution is 0.0674. The maximum Gasteiger partial charge on any atom is 0.257 e. The van der Waals surface area contributed by atoms with Crippen molar-refractivity contribution < 1.29 is 9.21 Å². The van der Waals surface area contributed by atoms with Crippen molar-refractivity contribution in [3.63, 3.8) is 0 Å². The Morgan fingerprint density at radius 2 is 1.96 bits per heavy atom. The fraction of sp³-hybridized carbons (Fsp3) is 0.522. The molecule has 0 bridgehead atoms. The first kappa shape index (κ1) is 18.3. The molecule has 0 N–H and O–H groups in total. The van der Waals surface area contributed by atoms with Crippen molar-refractivity contribution in [1.82, 2.24) is 9.80 Å². The second-order valence-electron chi connectivity index (χ2n) is 8.61. The van der Waals surface area contributed by atoms with Crippen molar-refractivity contribution in [1.29, 1.82) is 0 Å². The number of benzene rings is 1. The third-order valence-corrected chi connectivity index (χ3v) is 6.23. The fourth-order valence-electron chi connectivity index (χ4n) is 4.97. The molecule has 2 saturated heterocycles. The SMILES string of the molecule is Cc1cccc(CN2CCCC3(CCN(C(=O)c4cc(C)oc4C)C3)C2)c1. The Kier molecular flexibility index (Phi) is 4.85. The van der Waals surface area contributed by atoms with Gasteiger partial charge in [-0.2, -0.15) is 0 Å². The van der Waals surface area contributed by atoms with Gasteiger partial charge in [0.1, 0.15) is 11.5 Å². The molecule has 0 aliphatic carbocycles. The third-order valence-electron chi connectivity index (χ3n) is 6.23. The number of nitrogens with zero attached hydrogens (tertiary/aromatic N) is 2. The molecule has 0 radical (unpaired) electrons. The number of rotatable bonds is 3. The van der Waals surface area contributed by atoms with Crippen LogP contribution in [-0.2, 0) is 6.54 Å². The van der Waals surface area contributed by atoms with E-state index in [2.05, 4.69) is 36.1 Å². The maximum absolute atomic E-state index is 13.0. The van der Waals surface area contributed by atoms with E-state index < -0.39 is 0 Å². The van der Waals surface area contributed by atoms with Gasteiger partial charge in [-0.05, 0) is 58.2 Å². The van der Waals surface area contributed by atoms with Gasteiger partial charge in [0.2, 0.25) is 0 Å². The van der Waals surface area contributed by atoms with E-state index in [1.54, 1.807) is 0 Å². The van der Waals surface area contributed by atoms with Crippen LogP contribution in [0.2, 0.25) is 0 Å². The zero-order chi connectivity index (χ0) is 19.0. The first-order valence-electron chi connectivity index (χ1n) is 10.1. The molecular formula is C23H30N2O2. The standard InChI is InChI=1S/C23H30N2O2/c1-17-6-4-7-20(12-17)14-24-10-5-8-23(15-24)9-11-25(16-23)22(26)21-13-18(2)27-19(21)3/h4,6-7,12-13H,5,8-11,14-16H2,1-3H3. The van der Waals surface area contributed by atoms with Crippen molar-refractivity contribution in [2.45, 2.75) is 46.6 Å². The highest BCUT2D eigenvalue weighted by molar-refractivity contribution is 5.95. The van der Waals surface area contributed by atoms with Crippen LogP contribution in [0, 0.1) is 26.2 Å². The molecule has 2 aliphatic heterocycles. The van der Waals surface area contributed by atoms with Gasteiger partial charge in [0.15, 0.2) is 0 Å². The summed E-state index contributed by atoms with van der Waals surface area (Å²) in [4.78, 5) is 17.6. The van der Waals surface area contributed by atoms with E-state index in [9.17, 15) is 4.79 Å². The van der Waals surface area contributed by atoms with E-state index in [1.807, 2.05) is 24.8 Å². The Morgan fingerprint density at radius 1 is 1.11 bits per heavy atom. The van der Waals surface area contributed by atoms with E-state index in [0.717, 1.165) is 56.2 Å². The van der Waals surface area contributed by atoms with Crippen LogP contribution in [0.4, 0.5) is 0 Å². The summed E-state index contributed by atoms with van der Waals surface area (Å²) < 4.78 is 5.57. The predicted octanol–water partition coefficient (Wildman–Crippen LogP) is 4.33. The van der Waals surface area contributed by atoms with Gasteiger partial charge in [-0.15, -0.1) is 0 Å². The van der Waals surface area contributed by atoms with Crippen LogP contribution in [0.1, 0.15) is 52.3 Å². The molecule has 4 heteroatoms. The van der Waals surface area contributed by atoms with Crippen LogP contribution in [0.5, 0.6) is 0 Å². The molecular weight excluding hydrogens is 336 g/mol. The molecule has 4 rings (SSSR count). The molecule has 3 heterocycles. The van der Waals surface area contributed by atoms with Gasteiger partial charge < -0.3 is 9.32 Å². The highest BCUT2D eigenvalue weighted by atomic mass is 16.3. The normalized spacial score (nSPS) is 23.3. The number of hydrogen-bond acceptors (Lipinski definition) is 3. The lowest BCUT2D eigenvalue weighted by Crippen LogP contribution is -2.45. The Bertz CT molecular complexity index is 841. The van der Waals surface area contributed by atoms with Crippen LogP contribution in [0.25, 0.3) is 0 Å². The molecule has 1 aromatic heterocycles. The largest absolute Gasteiger partial charge is 0.466 e. The van der Waals surface area contributed by atoms with E-state index >= 15 is 0 Å². The van der Waals surface area contributed by atoms with Gasteiger partial charge in [0, 0.05) is 31.6 Å². The number of carbonyl (C=O) groups is 1. The minimum atomic E-state index is 0.136. The molecule has 1 amide bonds. The summed E-state index contributed by atoms with van der Waals surface area (Å²) >= 11 is 0. The topological polar surface area (TPSA) is 36.7 Å². The molecule has 4 nitrogen and oxygen atoms in total. The number of aryl methyl sites for hydroxylation is 3. The minimum Gasteiger partial charge on any atom is -0.466 e. The average molecular weight is 367 g/mol. The zero-order valence-corrected chi connectivity index (χ0v) is 16.8. The average Bonchev–Trinajstić information content (AvgIpc) is 3.17. The van der Waals surface area contributed by atoms with Crippen LogP contribution in [0.3, 0.4) is 0 Å². The number of furan rings is 1. The van der Waals surface area contributed by atoms with Crippen LogP contribution >= 0.6 is 0 Å². The second kappa shape index (κ2) is 7.16. The van der Waals surface area contributed by atoms with Crippen molar-refractivity contribution in [3.05, 3.63) is 58.5 Å². The lowest BCUT2D eigenvalue weighted by atomic mass is 9.79. The Labute approximate surface area is 162 Å². The van der Waals surface area contributed by atoms with E-state index in [-0.39, 0.29) is 11.3 Å². The molecule has 0 saturated carbocycles. The predicted molar refractivity (Wildman–Crippen MR) is 107 cm³/mol. The van der Waals surface area contributed by atoms with Gasteiger partial charge in [-0.3, -0.25) is 9.69 Å². The molecule has 1 aromatic carbocycles. The quantitative estimate of drug-likeness (QED) is 0.811. The van der Waals surface area contributed by atoms with E-state index in [4.69, 9.17) is 4.42 Å². The summed E-state index contributed by atoms with van der Waals surface area (Å²) in [6.45, 7) is 10.9. The van der Waals surface area contributed by atoms with Gasteiger partial charge in [0.05, 0.1) is 5.56 Å². The van der Waals surface area contributed by atoms with Crippen molar-refractivity contribution >= 4 is 5.91 Å². The first-order valence-corrected chi connectivity index (χ1v) is 10.1. The van der Waals surface area contributed by atoms with Gasteiger partial charge in [-0.1, -0.05) is 29.8 Å². The van der Waals surface area contributed by atoms with Gasteiger partial charge in [0.25, 0.3) is 5.91 Å². The number of piperidine rings is 1. The summed E-state index contributed by atoms with van der Waals surface area (Å²) in [7, 11) is 0. The molecule has 27 heavy (non-hydrogen) atoms. The van der Waals surface area contributed by atoms with E-state index in [1.165, 1.54) is 24.0 Å². The Morgan fingerprint density at radius 3 is 2.70 bits per heavy atom. The third kappa shape index (κ3) is 3.81. The summed E-state index contributed by atoms with van der Waals surface area (Å²) in [5, 5.41) is 0. The molecule has 2 aromatic rings.